The zero-order chi connectivity index (χ0) is 67.2. The standard InChI is InChI=1S/C77H89N17S3/c1-4-7-24-64-88-67-70(58-18-10-13-21-61(58)85-73(67)78)92(64)48-54-33-27-51(28-34-54)39-40-57(95)17-16-43-91(44-41-81-76(96)83-46-52-29-35-55(36-30-52)49-93-65(25-8-5-2)89-68-71(93)59-19-11-14-22-62(59)86-74(68)79)45-42-82-77(97)84-47-53-31-37-56(38-32-53)50-94-66(26-9-6-3)90-69-72(94)60-20-12-15-23-63(60)87-75(69)80/h10-15,18-23,27-38H,4-9,16-17,24-26,39-50H2,1-3H3,(H2,78,85)(H2,79,86)(H2,80,87)(H2,81,83,96)(H2,82,84,97). The number of nitrogens with two attached hydrogens (primary N) is 3. The number of hydrogen-bond donors (Lipinski definition) is 7. The van der Waals surface area contributed by atoms with Gasteiger partial charge in [-0.3, -0.25) is 4.90 Å². The third-order valence-electron chi connectivity index (χ3n) is 18.4. The predicted molar refractivity (Wildman–Crippen MR) is 412 cm³/mol. The number of nitrogen functional groups attached to an aromatic ring is 3. The highest BCUT2D eigenvalue weighted by molar-refractivity contribution is 7.80. The van der Waals surface area contributed by atoms with Gasteiger partial charge in [-0.1, -0.05) is 180 Å². The second kappa shape index (κ2) is 32.2. The monoisotopic (exact) mass is 1350 g/mol. The molecular weight excluding hydrogens is 1260 g/mol. The van der Waals surface area contributed by atoms with Gasteiger partial charge < -0.3 is 52.2 Å². The van der Waals surface area contributed by atoms with Gasteiger partial charge in [0.05, 0.1) is 33.1 Å². The van der Waals surface area contributed by atoms with Gasteiger partial charge in [-0.05, 0) is 132 Å². The molecule has 17 nitrogen and oxygen atoms in total. The van der Waals surface area contributed by atoms with E-state index in [0.29, 0.717) is 73.5 Å². The Morgan fingerprint density at radius 1 is 0.381 bits per heavy atom. The highest BCUT2D eigenvalue weighted by Gasteiger charge is 2.22. The van der Waals surface area contributed by atoms with Crippen LogP contribution in [0.5, 0.6) is 0 Å². The van der Waals surface area contributed by atoms with E-state index in [4.69, 9.17) is 73.8 Å². The summed E-state index contributed by atoms with van der Waals surface area (Å²) in [5.74, 6) is 4.53. The summed E-state index contributed by atoms with van der Waals surface area (Å²) in [5.41, 5.74) is 34.8. The van der Waals surface area contributed by atoms with E-state index in [-0.39, 0.29) is 0 Å². The van der Waals surface area contributed by atoms with E-state index < -0.39 is 0 Å². The van der Waals surface area contributed by atoms with E-state index >= 15 is 0 Å². The minimum atomic E-state index is 0.468. The quantitative estimate of drug-likeness (QED) is 0.0195. The zero-order valence-electron chi connectivity index (χ0n) is 56.0. The number of rotatable bonds is 32. The molecule has 0 spiro atoms. The van der Waals surface area contributed by atoms with Crippen molar-refractivity contribution >= 4 is 135 Å². The third kappa shape index (κ3) is 16.4. The zero-order valence-corrected chi connectivity index (χ0v) is 58.5. The van der Waals surface area contributed by atoms with Crippen molar-refractivity contribution in [1.29, 1.82) is 0 Å². The maximum atomic E-state index is 6.52. The van der Waals surface area contributed by atoms with Crippen molar-refractivity contribution in [3.05, 3.63) is 196 Å². The van der Waals surface area contributed by atoms with Gasteiger partial charge in [-0.15, -0.1) is 0 Å². The van der Waals surface area contributed by atoms with Crippen molar-refractivity contribution in [3.63, 3.8) is 0 Å². The van der Waals surface area contributed by atoms with Crippen LogP contribution in [-0.2, 0) is 58.4 Å². The van der Waals surface area contributed by atoms with Gasteiger partial charge >= 0.3 is 0 Å². The van der Waals surface area contributed by atoms with Gasteiger partial charge in [-0.25, -0.2) is 29.9 Å². The molecule has 0 unspecified atom stereocenters. The minimum Gasteiger partial charge on any atom is -0.382 e. The van der Waals surface area contributed by atoms with Gasteiger partial charge in [0.15, 0.2) is 27.7 Å². The Hall–Kier alpha value is -9.21. The second-order valence-electron chi connectivity index (χ2n) is 25.4. The molecule has 0 amide bonds. The number of hydrogen-bond acceptors (Lipinski definition) is 13. The summed E-state index contributed by atoms with van der Waals surface area (Å²) in [4.78, 5) is 32.8. The van der Waals surface area contributed by atoms with Gasteiger partial charge in [-0.2, -0.15) is 0 Å². The van der Waals surface area contributed by atoms with E-state index in [1.54, 1.807) is 0 Å². The number of unbranched alkanes of at least 4 members (excludes halogenated alkanes) is 3. The number of benzene rings is 6. The summed E-state index contributed by atoms with van der Waals surface area (Å²) in [7, 11) is 0. The molecule has 0 radical (unpaired) electrons. The van der Waals surface area contributed by atoms with Crippen LogP contribution in [0.4, 0.5) is 17.5 Å². The highest BCUT2D eigenvalue weighted by atomic mass is 32.1. The maximum Gasteiger partial charge on any atom is 0.166 e. The van der Waals surface area contributed by atoms with Crippen LogP contribution in [0.2, 0.25) is 0 Å². The summed E-state index contributed by atoms with van der Waals surface area (Å²) in [6.45, 7) is 13.7. The van der Waals surface area contributed by atoms with E-state index in [2.05, 4.69) is 180 Å². The van der Waals surface area contributed by atoms with Crippen LogP contribution in [-0.4, -0.2) is 96.3 Å². The first-order valence-corrected chi connectivity index (χ1v) is 35.7. The molecule has 0 saturated heterocycles. The molecule has 6 aromatic carbocycles. The number of fused-ring (bicyclic) bond motifs is 9. The minimum absolute atomic E-state index is 0.468. The number of nitrogens with one attached hydrogen (secondary N) is 4. The first kappa shape index (κ1) is 67.8. The van der Waals surface area contributed by atoms with E-state index in [1.165, 1.54) is 22.3 Å². The SMILES string of the molecule is CCCCc1nc2c(N)nc3ccccc3c2n1Cc1ccc(CCC(=S)CCCN(CCNC(=S)NCc2ccc(Cn3c(CCCC)nc4c(N)nc5ccccc5c43)cc2)CCNC(=S)NCc2ccc(Cn3c(CCCC)nc4c(N)nc5ccccc5c43)cc2)cc1. The number of para-hydroxylation sites is 3. The van der Waals surface area contributed by atoms with Crippen LogP contribution in [0.1, 0.15) is 129 Å². The fraction of sp³-hybridized carbons (Fsp3) is 0.338. The molecule has 500 valence electrons. The summed E-state index contributed by atoms with van der Waals surface area (Å²) in [5, 5.41) is 18.3. The van der Waals surface area contributed by atoms with Crippen molar-refractivity contribution in [1.82, 2.24) is 69.8 Å². The first-order valence-electron chi connectivity index (χ1n) is 34.5. The van der Waals surface area contributed by atoms with Crippen molar-refractivity contribution in [3.8, 4) is 0 Å². The highest BCUT2D eigenvalue weighted by Crippen LogP contribution is 2.34. The number of thiocarbonyl (C=S) groups is 3. The van der Waals surface area contributed by atoms with Crippen LogP contribution in [0.15, 0.2) is 146 Å². The molecule has 97 heavy (non-hydrogen) atoms. The molecule has 0 aliphatic carbocycles. The fourth-order valence-corrected chi connectivity index (χ4v) is 13.7. The number of imidazole rings is 3. The summed E-state index contributed by atoms with van der Waals surface area (Å²) in [6.07, 6.45) is 12.6. The Balaban J connectivity index is 0.642. The molecule has 0 atom stereocenters. The number of aromatic nitrogens is 9. The number of aryl methyl sites for hydroxylation is 4. The largest absolute Gasteiger partial charge is 0.382 e. The molecule has 0 aliphatic rings. The van der Waals surface area contributed by atoms with E-state index in [0.717, 1.165) is 202 Å². The fourth-order valence-electron chi connectivity index (χ4n) is 13.1. The van der Waals surface area contributed by atoms with Gasteiger partial charge in [0, 0.05) is 94.3 Å². The lowest BCUT2D eigenvalue weighted by atomic mass is 10.0. The molecule has 20 heteroatoms. The van der Waals surface area contributed by atoms with Crippen LogP contribution < -0.4 is 38.5 Å². The molecule has 10 N–H and O–H groups in total. The Morgan fingerprint density at radius 3 is 1.08 bits per heavy atom. The third-order valence-corrected chi connectivity index (χ3v) is 19.4. The second-order valence-corrected chi connectivity index (χ2v) is 26.8. The van der Waals surface area contributed by atoms with Crippen molar-refractivity contribution in [2.75, 3.05) is 49.9 Å². The summed E-state index contributed by atoms with van der Waals surface area (Å²) >= 11 is 17.8. The van der Waals surface area contributed by atoms with Gasteiger partial charge in [0.2, 0.25) is 0 Å². The van der Waals surface area contributed by atoms with Crippen molar-refractivity contribution < 1.29 is 0 Å². The molecule has 0 bridgehead atoms. The lowest BCUT2D eigenvalue weighted by molar-refractivity contribution is 0.280. The Labute approximate surface area is 584 Å². The van der Waals surface area contributed by atoms with Crippen LogP contribution >= 0.6 is 36.7 Å². The Kier molecular flexibility index (Phi) is 22.5. The lowest BCUT2D eigenvalue weighted by Crippen LogP contribution is -2.43. The molecule has 12 aromatic rings. The average molecular weight is 1350 g/mol. The summed E-state index contributed by atoms with van der Waals surface area (Å²) < 4.78 is 7.01. The van der Waals surface area contributed by atoms with Crippen molar-refractivity contribution in [2.24, 2.45) is 0 Å². The smallest absolute Gasteiger partial charge is 0.166 e. The maximum absolute atomic E-state index is 6.52. The predicted octanol–water partition coefficient (Wildman–Crippen LogP) is 14.0. The van der Waals surface area contributed by atoms with Crippen LogP contribution in [0, 0.1) is 0 Å². The molecular formula is C77H89N17S3. The number of anilines is 3. The van der Waals surface area contributed by atoms with Gasteiger partial charge in [0.1, 0.15) is 34.0 Å². The molecule has 0 aliphatic heterocycles. The molecule has 0 saturated carbocycles. The molecule has 6 aromatic heterocycles. The van der Waals surface area contributed by atoms with E-state index in [9.17, 15) is 0 Å². The molecule has 0 fully saturated rings. The first-order chi connectivity index (χ1) is 47.4. The molecule has 6 heterocycles. The molecule has 12 rings (SSSR count). The number of nitrogens with zero attached hydrogens (tertiary/aromatic N) is 10. The normalized spacial score (nSPS) is 11.7. The van der Waals surface area contributed by atoms with Crippen LogP contribution in [0.3, 0.4) is 0 Å². The van der Waals surface area contributed by atoms with Crippen molar-refractivity contribution in [2.45, 2.75) is 137 Å². The number of pyridine rings is 3. The van der Waals surface area contributed by atoms with Crippen LogP contribution in [0.25, 0.3) is 65.8 Å². The Bertz CT molecular complexity index is 4260. The average Bonchev–Trinajstić information content (AvgIpc) is 1.65. The van der Waals surface area contributed by atoms with Gasteiger partial charge in [0.25, 0.3) is 0 Å². The summed E-state index contributed by atoms with van der Waals surface area (Å²) in [6, 6.07) is 51.0. The topological polar surface area (TPSA) is 222 Å². The van der Waals surface area contributed by atoms with E-state index in [1.807, 2.05) is 36.4 Å². The lowest BCUT2D eigenvalue weighted by Gasteiger charge is -2.24. The Morgan fingerprint density at radius 2 is 0.722 bits per heavy atom.